The van der Waals surface area contributed by atoms with Crippen LogP contribution in [0.15, 0.2) is 0 Å². The Bertz CT molecular complexity index is 116. The van der Waals surface area contributed by atoms with Gasteiger partial charge in [-0.25, -0.2) is 4.79 Å². The molecule has 0 aliphatic heterocycles. The van der Waals surface area contributed by atoms with Crippen molar-refractivity contribution in [3.8, 4) is 0 Å². The van der Waals surface area contributed by atoms with Gasteiger partial charge in [0.25, 0.3) is 5.79 Å². The van der Waals surface area contributed by atoms with E-state index in [2.05, 4.69) is 0 Å². The van der Waals surface area contributed by atoms with Gasteiger partial charge in [0.1, 0.15) is 0 Å². The number of hydrogen-bond acceptors (Lipinski definition) is 3. The zero-order chi connectivity index (χ0) is 7.65. The van der Waals surface area contributed by atoms with Gasteiger partial charge in [-0.15, -0.1) is 0 Å². The first-order valence-corrected chi connectivity index (χ1v) is 2.57. The van der Waals surface area contributed by atoms with Crippen molar-refractivity contribution in [2.24, 2.45) is 5.92 Å². The van der Waals surface area contributed by atoms with Crippen molar-refractivity contribution in [1.29, 1.82) is 0 Å². The largest absolute Gasteiger partial charge is 0.477 e. The van der Waals surface area contributed by atoms with Gasteiger partial charge in [0, 0.05) is 5.92 Å². The Balaban J connectivity index is 4.19. The average Bonchev–Trinajstić information content (AvgIpc) is 1.65. The van der Waals surface area contributed by atoms with Crippen molar-refractivity contribution in [1.82, 2.24) is 0 Å². The maximum atomic E-state index is 9.96. The molecule has 0 fully saturated rings. The SMILES string of the molecule is CC(C)C(O)(O)C(=O)O. The number of carbonyl (C=O) groups is 1. The summed E-state index contributed by atoms with van der Waals surface area (Å²) in [4.78, 5) is 9.96. The van der Waals surface area contributed by atoms with Crippen LogP contribution in [-0.2, 0) is 4.79 Å². The maximum absolute atomic E-state index is 9.96. The lowest BCUT2D eigenvalue weighted by Gasteiger charge is -2.19. The normalized spacial score (nSPS) is 12.1. The van der Waals surface area contributed by atoms with Gasteiger partial charge in [-0.3, -0.25) is 0 Å². The molecule has 0 radical (unpaired) electrons. The summed E-state index contributed by atoms with van der Waals surface area (Å²) in [6, 6.07) is 0. The van der Waals surface area contributed by atoms with E-state index in [0.29, 0.717) is 0 Å². The predicted octanol–water partition coefficient (Wildman–Crippen LogP) is -0.592. The Morgan fingerprint density at radius 1 is 1.44 bits per heavy atom. The van der Waals surface area contributed by atoms with Gasteiger partial charge in [0.15, 0.2) is 0 Å². The molecule has 0 aromatic rings. The molecule has 0 aliphatic carbocycles. The van der Waals surface area contributed by atoms with Gasteiger partial charge in [-0.2, -0.15) is 0 Å². The van der Waals surface area contributed by atoms with Crippen LogP contribution in [0.5, 0.6) is 0 Å². The molecule has 4 nitrogen and oxygen atoms in total. The molecular formula is C5H10O4. The van der Waals surface area contributed by atoms with E-state index >= 15 is 0 Å². The molecule has 0 heterocycles. The van der Waals surface area contributed by atoms with E-state index in [-0.39, 0.29) is 0 Å². The van der Waals surface area contributed by atoms with Crippen molar-refractivity contribution in [2.75, 3.05) is 0 Å². The molecule has 0 spiro atoms. The Kier molecular flexibility index (Phi) is 2.17. The minimum absolute atomic E-state index is 0.699. The van der Waals surface area contributed by atoms with E-state index in [9.17, 15) is 4.79 Å². The fourth-order valence-corrected chi connectivity index (χ4v) is 0.247. The highest BCUT2D eigenvalue weighted by Gasteiger charge is 2.36. The zero-order valence-corrected chi connectivity index (χ0v) is 5.33. The van der Waals surface area contributed by atoms with Gasteiger partial charge in [0.2, 0.25) is 0 Å². The smallest absolute Gasteiger partial charge is 0.364 e. The van der Waals surface area contributed by atoms with E-state index in [1.165, 1.54) is 13.8 Å². The topological polar surface area (TPSA) is 77.8 Å². The molecule has 0 bridgehead atoms. The second-order valence-corrected chi connectivity index (χ2v) is 2.19. The molecule has 54 valence electrons. The highest BCUT2D eigenvalue weighted by Crippen LogP contribution is 2.12. The molecule has 0 saturated carbocycles. The highest BCUT2D eigenvalue weighted by atomic mass is 16.5. The van der Waals surface area contributed by atoms with Gasteiger partial charge in [-0.05, 0) is 0 Å². The van der Waals surface area contributed by atoms with Crippen molar-refractivity contribution in [2.45, 2.75) is 19.6 Å². The van der Waals surface area contributed by atoms with Crippen LogP contribution < -0.4 is 0 Å². The van der Waals surface area contributed by atoms with Crippen molar-refractivity contribution >= 4 is 5.97 Å². The summed E-state index contributed by atoms with van der Waals surface area (Å²) in [5.74, 6) is -4.90. The number of carboxylic acids is 1. The fraction of sp³-hybridized carbons (Fsp3) is 0.800. The average molecular weight is 134 g/mol. The predicted molar refractivity (Wildman–Crippen MR) is 29.6 cm³/mol. The molecule has 0 saturated heterocycles. The van der Waals surface area contributed by atoms with Crippen LogP contribution in [0, 0.1) is 5.92 Å². The van der Waals surface area contributed by atoms with E-state index in [1.54, 1.807) is 0 Å². The summed E-state index contributed by atoms with van der Waals surface area (Å²) in [7, 11) is 0. The van der Waals surface area contributed by atoms with Gasteiger partial charge < -0.3 is 15.3 Å². The number of hydrogen-bond donors (Lipinski definition) is 3. The third-order valence-corrected chi connectivity index (χ3v) is 1.12. The summed E-state index contributed by atoms with van der Waals surface area (Å²) in [6.07, 6.45) is 0. The van der Waals surface area contributed by atoms with Crippen LogP contribution in [0.1, 0.15) is 13.8 Å². The van der Waals surface area contributed by atoms with Gasteiger partial charge in [-0.1, -0.05) is 13.8 Å². The molecule has 4 heteroatoms. The van der Waals surface area contributed by atoms with E-state index < -0.39 is 17.7 Å². The van der Waals surface area contributed by atoms with E-state index in [4.69, 9.17) is 15.3 Å². The Morgan fingerprint density at radius 2 is 1.78 bits per heavy atom. The molecule has 0 rings (SSSR count). The molecule has 0 aliphatic rings. The van der Waals surface area contributed by atoms with Crippen LogP contribution in [0.3, 0.4) is 0 Å². The third-order valence-electron chi connectivity index (χ3n) is 1.12. The van der Waals surface area contributed by atoms with Crippen LogP contribution in [0.2, 0.25) is 0 Å². The minimum Gasteiger partial charge on any atom is -0.477 e. The Hall–Kier alpha value is -0.610. The second kappa shape index (κ2) is 2.33. The first kappa shape index (κ1) is 8.39. The lowest BCUT2D eigenvalue weighted by Crippen LogP contribution is -2.43. The highest BCUT2D eigenvalue weighted by molar-refractivity contribution is 5.75. The number of aliphatic carboxylic acids is 1. The first-order valence-electron chi connectivity index (χ1n) is 2.57. The van der Waals surface area contributed by atoms with E-state index in [1.807, 2.05) is 0 Å². The lowest BCUT2D eigenvalue weighted by atomic mass is 10.0. The van der Waals surface area contributed by atoms with Crippen molar-refractivity contribution in [3.63, 3.8) is 0 Å². The van der Waals surface area contributed by atoms with Crippen molar-refractivity contribution < 1.29 is 20.1 Å². The standard InChI is InChI=1S/C5H10O4/c1-3(2)5(8,9)4(6)7/h3,8-9H,1-2H3,(H,6,7). The number of carboxylic acid groups (broad SMARTS) is 1. The minimum atomic E-state index is -2.58. The maximum Gasteiger partial charge on any atom is 0.364 e. The van der Waals surface area contributed by atoms with Crippen LogP contribution in [0.4, 0.5) is 0 Å². The first-order chi connectivity index (χ1) is 3.89. The summed E-state index contributed by atoms with van der Waals surface area (Å²) in [5, 5.41) is 25.4. The number of rotatable bonds is 2. The van der Waals surface area contributed by atoms with Crippen molar-refractivity contribution in [3.05, 3.63) is 0 Å². The molecule has 0 aromatic heterocycles. The Labute approximate surface area is 52.7 Å². The molecule has 9 heavy (non-hydrogen) atoms. The van der Waals surface area contributed by atoms with Crippen LogP contribution >= 0.6 is 0 Å². The zero-order valence-electron chi connectivity index (χ0n) is 5.33. The summed E-state index contributed by atoms with van der Waals surface area (Å²) in [5.41, 5.74) is 0. The summed E-state index contributed by atoms with van der Waals surface area (Å²) < 4.78 is 0. The molecule has 0 atom stereocenters. The molecular weight excluding hydrogens is 124 g/mol. The summed E-state index contributed by atoms with van der Waals surface area (Å²) in [6.45, 7) is 2.82. The van der Waals surface area contributed by atoms with Crippen LogP contribution in [-0.4, -0.2) is 27.1 Å². The summed E-state index contributed by atoms with van der Waals surface area (Å²) >= 11 is 0. The molecule has 0 aromatic carbocycles. The quantitative estimate of drug-likeness (QED) is 0.441. The lowest BCUT2D eigenvalue weighted by molar-refractivity contribution is -0.218. The van der Waals surface area contributed by atoms with E-state index in [0.717, 1.165) is 0 Å². The molecule has 0 amide bonds. The number of aliphatic hydroxyl groups is 2. The Morgan fingerprint density at radius 3 is 1.78 bits per heavy atom. The third kappa shape index (κ3) is 1.65. The van der Waals surface area contributed by atoms with Crippen LogP contribution in [0.25, 0.3) is 0 Å². The fourth-order valence-electron chi connectivity index (χ4n) is 0.247. The molecule has 3 N–H and O–H groups in total. The molecule has 0 unspecified atom stereocenters. The van der Waals surface area contributed by atoms with Gasteiger partial charge >= 0.3 is 5.97 Å². The monoisotopic (exact) mass is 134 g/mol. The second-order valence-electron chi connectivity index (χ2n) is 2.19. The van der Waals surface area contributed by atoms with Gasteiger partial charge in [0.05, 0.1) is 0 Å².